The lowest BCUT2D eigenvalue weighted by Crippen LogP contribution is -2.13. The molecule has 0 atom stereocenters. The van der Waals surface area contributed by atoms with Gasteiger partial charge in [0.1, 0.15) is 5.69 Å². The molecule has 0 aliphatic rings. The minimum Gasteiger partial charge on any atom is -0.398 e. The molecule has 0 bridgehead atoms. The van der Waals surface area contributed by atoms with Gasteiger partial charge in [0, 0.05) is 17.8 Å². The van der Waals surface area contributed by atoms with Gasteiger partial charge in [-0.2, -0.15) is 5.10 Å². The molecule has 5 heteroatoms. The second-order valence-corrected chi connectivity index (χ2v) is 4.48. The first-order chi connectivity index (χ1) is 8.54. The topological polar surface area (TPSA) is 60.9 Å². The van der Waals surface area contributed by atoms with Gasteiger partial charge in [-0.05, 0) is 26.0 Å². The Morgan fingerprint density at radius 1 is 1.50 bits per heavy atom. The first kappa shape index (κ1) is 12.6. The predicted octanol–water partition coefficient (Wildman–Crippen LogP) is 2.68. The van der Waals surface area contributed by atoms with Gasteiger partial charge < -0.3 is 5.73 Å². The van der Waals surface area contributed by atoms with Crippen molar-refractivity contribution in [2.75, 3.05) is 5.73 Å². The zero-order chi connectivity index (χ0) is 13.3. The molecule has 1 aromatic carbocycles. The van der Waals surface area contributed by atoms with Gasteiger partial charge in [0.15, 0.2) is 0 Å². The molecule has 1 heterocycles. The summed E-state index contributed by atoms with van der Waals surface area (Å²) in [6, 6.07) is 5.36. The zero-order valence-electron chi connectivity index (χ0n) is 10.3. The van der Waals surface area contributed by atoms with Crippen molar-refractivity contribution in [3.05, 3.63) is 46.2 Å². The van der Waals surface area contributed by atoms with Gasteiger partial charge in [-0.15, -0.1) is 0 Å². The van der Waals surface area contributed by atoms with Gasteiger partial charge >= 0.3 is 0 Å². The van der Waals surface area contributed by atoms with Crippen LogP contribution in [0, 0.1) is 6.92 Å². The van der Waals surface area contributed by atoms with Crippen LogP contribution in [0.2, 0.25) is 5.02 Å². The molecule has 1 aromatic heterocycles. The van der Waals surface area contributed by atoms with Crippen LogP contribution in [0.15, 0.2) is 24.4 Å². The van der Waals surface area contributed by atoms with E-state index in [9.17, 15) is 4.79 Å². The number of hydrogen-bond acceptors (Lipinski definition) is 3. The number of nitrogens with two attached hydrogens (primary N) is 1. The average Bonchev–Trinajstić information content (AvgIpc) is 2.72. The number of carbonyl (C=O) groups is 1. The largest absolute Gasteiger partial charge is 0.398 e. The first-order valence-corrected chi connectivity index (χ1v) is 6.04. The minimum absolute atomic E-state index is 0.194. The lowest BCUT2D eigenvalue weighted by molar-refractivity contribution is 0.103. The normalized spacial score (nSPS) is 10.6. The second kappa shape index (κ2) is 4.82. The number of carbonyl (C=O) groups excluding carboxylic acids is 1. The van der Waals surface area contributed by atoms with Gasteiger partial charge in [0.25, 0.3) is 0 Å². The fourth-order valence-electron chi connectivity index (χ4n) is 1.82. The summed E-state index contributed by atoms with van der Waals surface area (Å²) in [5, 5.41) is 4.41. The van der Waals surface area contributed by atoms with E-state index < -0.39 is 0 Å². The quantitative estimate of drug-likeness (QED) is 0.684. The number of aromatic nitrogens is 2. The third kappa shape index (κ3) is 2.11. The van der Waals surface area contributed by atoms with Crippen molar-refractivity contribution in [1.82, 2.24) is 9.78 Å². The van der Waals surface area contributed by atoms with E-state index in [2.05, 4.69) is 5.10 Å². The molecular formula is C13H14ClN3O. The van der Waals surface area contributed by atoms with E-state index in [1.54, 1.807) is 16.8 Å². The van der Waals surface area contributed by atoms with Crippen LogP contribution in [-0.4, -0.2) is 15.6 Å². The third-order valence-electron chi connectivity index (χ3n) is 2.76. The fourth-order valence-corrected chi connectivity index (χ4v) is 2.05. The second-order valence-electron chi connectivity index (χ2n) is 4.08. The average molecular weight is 264 g/mol. The van der Waals surface area contributed by atoms with Crippen molar-refractivity contribution >= 4 is 23.1 Å². The van der Waals surface area contributed by atoms with Gasteiger partial charge in [0.05, 0.1) is 11.2 Å². The highest BCUT2D eigenvalue weighted by atomic mass is 35.5. The van der Waals surface area contributed by atoms with Gasteiger partial charge in [-0.1, -0.05) is 23.2 Å². The number of anilines is 1. The lowest BCUT2D eigenvalue weighted by atomic mass is 10.0. The summed E-state index contributed by atoms with van der Waals surface area (Å²) in [4.78, 5) is 12.5. The van der Waals surface area contributed by atoms with E-state index in [4.69, 9.17) is 17.3 Å². The molecule has 94 valence electrons. The predicted molar refractivity (Wildman–Crippen MR) is 71.9 cm³/mol. The summed E-state index contributed by atoms with van der Waals surface area (Å²) < 4.78 is 1.58. The smallest absolute Gasteiger partial charge is 0.214 e. The number of benzene rings is 1. The van der Waals surface area contributed by atoms with Crippen LogP contribution in [0.5, 0.6) is 0 Å². The molecule has 2 rings (SSSR count). The molecule has 0 aliphatic heterocycles. The van der Waals surface area contributed by atoms with Gasteiger partial charge in [-0.25, -0.2) is 0 Å². The van der Waals surface area contributed by atoms with E-state index in [0.717, 1.165) is 5.56 Å². The van der Waals surface area contributed by atoms with E-state index in [-0.39, 0.29) is 5.78 Å². The molecule has 0 radical (unpaired) electrons. The number of nitrogens with zero attached hydrogens (tertiary/aromatic N) is 2. The highest BCUT2D eigenvalue weighted by molar-refractivity contribution is 6.34. The molecule has 0 unspecified atom stereocenters. The van der Waals surface area contributed by atoms with E-state index >= 15 is 0 Å². The highest BCUT2D eigenvalue weighted by Crippen LogP contribution is 2.23. The number of nitrogen functional groups attached to an aromatic ring is 1. The van der Waals surface area contributed by atoms with Crippen LogP contribution in [0.25, 0.3) is 0 Å². The van der Waals surface area contributed by atoms with Crippen molar-refractivity contribution < 1.29 is 4.79 Å². The zero-order valence-corrected chi connectivity index (χ0v) is 11.0. The Bertz CT molecular complexity index is 604. The molecular weight excluding hydrogens is 250 g/mol. The summed E-state index contributed by atoms with van der Waals surface area (Å²) in [6.07, 6.45) is 1.48. The summed E-state index contributed by atoms with van der Waals surface area (Å²) in [5.41, 5.74) is 8.12. The van der Waals surface area contributed by atoms with Crippen molar-refractivity contribution in [1.29, 1.82) is 0 Å². The van der Waals surface area contributed by atoms with E-state index in [0.29, 0.717) is 28.5 Å². The van der Waals surface area contributed by atoms with Gasteiger partial charge in [0.2, 0.25) is 5.78 Å². The number of halogens is 1. The van der Waals surface area contributed by atoms with E-state index in [1.165, 1.54) is 6.20 Å². The summed E-state index contributed by atoms with van der Waals surface area (Å²) in [5.74, 6) is -0.194. The van der Waals surface area contributed by atoms with Gasteiger partial charge in [-0.3, -0.25) is 9.48 Å². The summed E-state index contributed by atoms with van der Waals surface area (Å²) in [7, 11) is 0. The Kier molecular flexibility index (Phi) is 3.39. The Morgan fingerprint density at radius 2 is 2.22 bits per heavy atom. The van der Waals surface area contributed by atoms with Crippen molar-refractivity contribution in [2.45, 2.75) is 20.4 Å². The first-order valence-electron chi connectivity index (χ1n) is 5.66. The van der Waals surface area contributed by atoms with Crippen LogP contribution >= 0.6 is 11.6 Å². The molecule has 0 amide bonds. The van der Waals surface area contributed by atoms with Crippen LogP contribution < -0.4 is 5.73 Å². The molecule has 0 fully saturated rings. The Morgan fingerprint density at radius 3 is 2.89 bits per heavy atom. The molecule has 0 aliphatic carbocycles. The molecule has 18 heavy (non-hydrogen) atoms. The SMILES string of the molecule is CCn1ncc(Cl)c1C(=O)c1cc(C)ccc1N. The number of rotatable bonds is 3. The maximum Gasteiger partial charge on any atom is 0.214 e. The van der Waals surface area contributed by atoms with Crippen LogP contribution in [-0.2, 0) is 6.54 Å². The lowest BCUT2D eigenvalue weighted by Gasteiger charge is -2.08. The molecule has 2 aromatic rings. The highest BCUT2D eigenvalue weighted by Gasteiger charge is 2.20. The monoisotopic (exact) mass is 263 g/mol. The maximum atomic E-state index is 12.5. The summed E-state index contributed by atoms with van der Waals surface area (Å²) in [6.45, 7) is 4.40. The molecule has 0 saturated heterocycles. The molecule has 0 saturated carbocycles. The summed E-state index contributed by atoms with van der Waals surface area (Å²) >= 11 is 6.02. The Labute approximate surface area is 110 Å². The molecule has 0 spiro atoms. The number of hydrogen-bond donors (Lipinski definition) is 1. The van der Waals surface area contributed by atoms with E-state index in [1.807, 2.05) is 19.9 Å². The van der Waals surface area contributed by atoms with Crippen LogP contribution in [0.4, 0.5) is 5.69 Å². The minimum atomic E-state index is -0.194. The van der Waals surface area contributed by atoms with Crippen LogP contribution in [0.1, 0.15) is 28.5 Å². The number of ketones is 1. The third-order valence-corrected chi connectivity index (χ3v) is 3.04. The van der Waals surface area contributed by atoms with Crippen molar-refractivity contribution in [3.63, 3.8) is 0 Å². The Balaban J connectivity index is 2.54. The Hall–Kier alpha value is -1.81. The maximum absolute atomic E-state index is 12.5. The van der Waals surface area contributed by atoms with Crippen LogP contribution in [0.3, 0.4) is 0 Å². The van der Waals surface area contributed by atoms with Crippen molar-refractivity contribution in [2.24, 2.45) is 0 Å². The number of aryl methyl sites for hydroxylation is 2. The molecule has 4 nitrogen and oxygen atoms in total. The fraction of sp³-hybridized carbons (Fsp3) is 0.231. The van der Waals surface area contributed by atoms with Crippen molar-refractivity contribution in [3.8, 4) is 0 Å². The molecule has 2 N–H and O–H groups in total. The standard InChI is InChI=1S/C13H14ClN3O/c1-3-17-12(10(14)7-16-17)13(18)9-6-8(2)4-5-11(9)15/h4-7H,3,15H2,1-2H3.